The fraction of sp³-hybridized carbons (Fsp3) is 0.529. The van der Waals surface area contributed by atoms with Gasteiger partial charge in [0.2, 0.25) is 5.91 Å². The van der Waals surface area contributed by atoms with Gasteiger partial charge in [-0.25, -0.2) is 0 Å². The number of hydrogen-bond acceptors (Lipinski definition) is 5. The zero-order valence-corrected chi connectivity index (χ0v) is 13.5. The molecule has 1 aromatic rings. The highest BCUT2D eigenvalue weighted by atomic mass is 16.5. The van der Waals surface area contributed by atoms with Crippen LogP contribution in [0.4, 0.5) is 11.4 Å². The third-order valence-electron chi connectivity index (χ3n) is 4.28. The number of anilines is 2. The van der Waals surface area contributed by atoms with E-state index in [9.17, 15) is 9.59 Å². The molecule has 0 saturated carbocycles. The van der Waals surface area contributed by atoms with Crippen molar-refractivity contribution < 1.29 is 14.3 Å². The fourth-order valence-electron chi connectivity index (χ4n) is 3.05. The summed E-state index contributed by atoms with van der Waals surface area (Å²) >= 11 is 0. The van der Waals surface area contributed by atoms with Crippen LogP contribution in [0.15, 0.2) is 24.3 Å². The zero-order chi connectivity index (χ0) is 16.2. The summed E-state index contributed by atoms with van der Waals surface area (Å²) in [6.45, 7) is 5.78. The van der Waals surface area contributed by atoms with E-state index in [1.54, 1.807) is 0 Å². The first-order valence-electron chi connectivity index (χ1n) is 8.22. The maximum atomic E-state index is 12.2. The molecule has 1 N–H and O–H groups in total. The molecule has 2 saturated heterocycles. The minimum Gasteiger partial charge on any atom is -0.378 e. The number of hydrogen-bond donors (Lipinski definition) is 1. The predicted molar refractivity (Wildman–Crippen MR) is 88.5 cm³/mol. The Hall–Kier alpha value is -2.08. The van der Waals surface area contributed by atoms with Gasteiger partial charge in [0.05, 0.1) is 19.6 Å². The first-order chi connectivity index (χ1) is 11.2. The molecule has 0 aliphatic carbocycles. The molecule has 2 aliphatic rings. The van der Waals surface area contributed by atoms with Crippen molar-refractivity contribution in [3.05, 3.63) is 24.3 Å². The van der Waals surface area contributed by atoms with E-state index < -0.39 is 6.04 Å². The summed E-state index contributed by atoms with van der Waals surface area (Å²) in [4.78, 5) is 27.8. The maximum Gasteiger partial charge on any atom is 0.252 e. The number of carbonyl (C=O) groups is 2. The number of morpholine rings is 1. The number of nitrogens with one attached hydrogen (secondary N) is 1. The highest BCUT2D eigenvalue weighted by Gasteiger charge is 2.37. The van der Waals surface area contributed by atoms with Gasteiger partial charge in [-0.1, -0.05) is 6.92 Å². The van der Waals surface area contributed by atoms with Crippen LogP contribution in [-0.4, -0.2) is 55.6 Å². The van der Waals surface area contributed by atoms with Crippen LogP contribution >= 0.6 is 0 Å². The first kappa shape index (κ1) is 15.8. The monoisotopic (exact) mass is 317 g/mol. The third kappa shape index (κ3) is 3.47. The van der Waals surface area contributed by atoms with Crippen LogP contribution in [-0.2, 0) is 14.3 Å². The SMILES string of the molecule is CCCN1C(=O)C[C@H](Nc2ccc(N3CCOCC3)cc2)C1=O. The minimum absolute atomic E-state index is 0.0840. The molecule has 23 heavy (non-hydrogen) atoms. The predicted octanol–water partition coefficient (Wildman–Crippen LogP) is 1.47. The molecule has 1 atom stereocenters. The second-order valence-electron chi connectivity index (χ2n) is 5.93. The number of rotatable bonds is 5. The summed E-state index contributed by atoms with van der Waals surface area (Å²) in [6, 6.07) is 7.57. The Morgan fingerprint density at radius 3 is 2.52 bits per heavy atom. The van der Waals surface area contributed by atoms with Gasteiger partial charge >= 0.3 is 0 Å². The van der Waals surface area contributed by atoms with Gasteiger partial charge in [-0.3, -0.25) is 14.5 Å². The molecule has 1 aromatic carbocycles. The Morgan fingerprint density at radius 1 is 1.17 bits per heavy atom. The normalized spacial score (nSPS) is 21.9. The van der Waals surface area contributed by atoms with Crippen LogP contribution in [0.1, 0.15) is 19.8 Å². The molecule has 3 rings (SSSR count). The summed E-state index contributed by atoms with van der Waals surface area (Å²) in [5.41, 5.74) is 2.02. The van der Waals surface area contributed by atoms with Gasteiger partial charge in [-0.15, -0.1) is 0 Å². The summed E-state index contributed by atoms with van der Waals surface area (Å²) in [5.74, 6) is -0.201. The highest BCUT2D eigenvalue weighted by molar-refractivity contribution is 6.06. The molecule has 6 heteroatoms. The molecular weight excluding hydrogens is 294 g/mol. The van der Waals surface area contributed by atoms with E-state index in [1.807, 2.05) is 31.2 Å². The van der Waals surface area contributed by atoms with E-state index >= 15 is 0 Å². The van der Waals surface area contributed by atoms with Crippen molar-refractivity contribution in [1.82, 2.24) is 4.90 Å². The topological polar surface area (TPSA) is 61.9 Å². The molecule has 6 nitrogen and oxygen atoms in total. The number of nitrogens with zero attached hydrogens (tertiary/aromatic N) is 2. The quantitative estimate of drug-likeness (QED) is 0.833. The summed E-state index contributed by atoms with van der Waals surface area (Å²) in [5, 5.41) is 3.18. The van der Waals surface area contributed by atoms with Crippen LogP contribution in [0, 0.1) is 0 Å². The Labute approximate surface area is 136 Å². The third-order valence-corrected chi connectivity index (χ3v) is 4.28. The van der Waals surface area contributed by atoms with E-state index in [0.717, 1.165) is 44.1 Å². The number of ether oxygens (including phenoxy) is 1. The van der Waals surface area contributed by atoms with Crippen molar-refractivity contribution in [2.24, 2.45) is 0 Å². The minimum atomic E-state index is -0.441. The number of amides is 2. The van der Waals surface area contributed by atoms with Gasteiger partial charge in [0.15, 0.2) is 0 Å². The van der Waals surface area contributed by atoms with Crippen molar-refractivity contribution in [2.75, 3.05) is 43.1 Å². The van der Waals surface area contributed by atoms with Crippen LogP contribution in [0.2, 0.25) is 0 Å². The van der Waals surface area contributed by atoms with Crippen molar-refractivity contribution >= 4 is 23.2 Å². The summed E-state index contributed by atoms with van der Waals surface area (Å²) in [6.07, 6.45) is 1.03. The molecule has 2 fully saturated rings. The average Bonchev–Trinajstić information content (AvgIpc) is 2.84. The molecule has 2 amide bonds. The van der Waals surface area contributed by atoms with E-state index in [0.29, 0.717) is 6.54 Å². The lowest BCUT2D eigenvalue weighted by molar-refractivity contribution is -0.138. The van der Waals surface area contributed by atoms with E-state index in [4.69, 9.17) is 4.74 Å². The van der Waals surface area contributed by atoms with Crippen molar-refractivity contribution in [3.63, 3.8) is 0 Å². The molecule has 124 valence electrons. The number of carbonyl (C=O) groups excluding carboxylic acids is 2. The fourth-order valence-corrected chi connectivity index (χ4v) is 3.05. The van der Waals surface area contributed by atoms with Gasteiger partial charge in [-0.2, -0.15) is 0 Å². The first-order valence-corrected chi connectivity index (χ1v) is 8.22. The molecular formula is C17H23N3O3. The Bertz CT molecular complexity index is 567. The smallest absolute Gasteiger partial charge is 0.252 e. The Morgan fingerprint density at radius 2 is 1.87 bits per heavy atom. The van der Waals surface area contributed by atoms with Gasteiger partial charge in [0, 0.05) is 31.0 Å². The standard InChI is InChI=1S/C17H23N3O3/c1-2-7-20-16(21)12-15(17(20)22)18-13-3-5-14(6-4-13)19-8-10-23-11-9-19/h3-6,15,18H,2,7-12H2,1H3/t15-/m0/s1. The number of benzene rings is 1. The van der Waals surface area contributed by atoms with Crippen LogP contribution < -0.4 is 10.2 Å². The number of likely N-dealkylation sites (tertiary alicyclic amines) is 1. The van der Waals surface area contributed by atoms with E-state index in [-0.39, 0.29) is 18.2 Å². The second kappa shape index (κ2) is 7.00. The van der Waals surface area contributed by atoms with Crippen molar-refractivity contribution in [2.45, 2.75) is 25.8 Å². The van der Waals surface area contributed by atoms with Crippen molar-refractivity contribution in [3.8, 4) is 0 Å². The summed E-state index contributed by atoms with van der Waals surface area (Å²) in [7, 11) is 0. The Balaban J connectivity index is 1.62. The number of imide groups is 1. The lowest BCUT2D eigenvalue weighted by Gasteiger charge is -2.29. The second-order valence-corrected chi connectivity index (χ2v) is 5.93. The van der Waals surface area contributed by atoms with Gasteiger partial charge in [0.25, 0.3) is 5.91 Å². The maximum absolute atomic E-state index is 12.2. The van der Waals surface area contributed by atoms with E-state index in [1.165, 1.54) is 4.90 Å². The van der Waals surface area contributed by atoms with Gasteiger partial charge < -0.3 is 15.0 Å². The largest absolute Gasteiger partial charge is 0.378 e. The average molecular weight is 317 g/mol. The molecule has 0 radical (unpaired) electrons. The van der Waals surface area contributed by atoms with Gasteiger partial charge in [0.1, 0.15) is 6.04 Å². The molecule has 2 heterocycles. The van der Waals surface area contributed by atoms with Crippen LogP contribution in [0.5, 0.6) is 0 Å². The molecule has 0 unspecified atom stereocenters. The lowest BCUT2D eigenvalue weighted by Crippen LogP contribution is -2.36. The molecule has 2 aliphatic heterocycles. The summed E-state index contributed by atoms with van der Waals surface area (Å²) < 4.78 is 5.36. The lowest BCUT2D eigenvalue weighted by atomic mass is 10.2. The van der Waals surface area contributed by atoms with Crippen molar-refractivity contribution in [1.29, 1.82) is 0 Å². The Kier molecular flexibility index (Phi) is 4.81. The van der Waals surface area contributed by atoms with Crippen LogP contribution in [0.25, 0.3) is 0 Å². The van der Waals surface area contributed by atoms with Gasteiger partial charge in [-0.05, 0) is 30.7 Å². The molecule has 0 bridgehead atoms. The highest BCUT2D eigenvalue weighted by Crippen LogP contribution is 2.22. The zero-order valence-electron chi connectivity index (χ0n) is 13.5. The van der Waals surface area contributed by atoms with E-state index in [2.05, 4.69) is 10.2 Å². The van der Waals surface area contributed by atoms with Crippen LogP contribution in [0.3, 0.4) is 0 Å². The molecule has 0 aromatic heterocycles. The molecule has 0 spiro atoms.